The largest absolute Gasteiger partial charge is 0.496 e. The highest BCUT2D eigenvalue weighted by Gasteiger charge is 2.12. The molecule has 0 radical (unpaired) electrons. The van der Waals surface area contributed by atoms with Crippen molar-refractivity contribution in [2.75, 3.05) is 7.11 Å². The van der Waals surface area contributed by atoms with Gasteiger partial charge in [0.2, 0.25) is 0 Å². The van der Waals surface area contributed by atoms with Gasteiger partial charge in [0.15, 0.2) is 0 Å². The molecular weight excluding hydrogens is 246 g/mol. The predicted molar refractivity (Wildman–Crippen MR) is 76.3 cm³/mol. The van der Waals surface area contributed by atoms with Crippen LogP contribution in [0.1, 0.15) is 44.1 Å². The van der Waals surface area contributed by atoms with Crippen molar-refractivity contribution in [3.63, 3.8) is 0 Å². The van der Waals surface area contributed by atoms with Gasteiger partial charge in [0.05, 0.1) is 7.11 Å². The van der Waals surface area contributed by atoms with Crippen LogP contribution in [0.4, 0.5) is 0 Å². The number of benzene rings is 1. The summed E-state index contributed by atoms with van der Waals surface area (Å²) in [4.78, 5) is 0. The molecule has 1 aromatic carbocycles. The van der Waals surface area contributed by atoms with Gasteiger partial charge in [0.1, 0.15) is 5.75 Å². The Hall–Kier alpha value is -0.730. The molecule has 0 heterocycles. The molecule has 1 N–H and O–H groups in total. The lowest BCUT2D eigenvalue weighted by Crippen LogP contribution is -2.28. The number of nitrogens with one attached hydrogen (secondary N) is 1. The Bertz CT molecular complexity index is 373. The SMILES string of the molecule is COc1ccc(Cl)cc1CNC1CCCCCC1. The molecule has 1 fully saturated rings. The second kappa shape index (κ2) is 7.01. The van der Waals surface area contributed by atoms with Crippen molar-refractivity contribution in [2.24, 2.45) is 0 Å². The molecule has 0 amide bonds. The van der Waals surface area contributed by atoms with Crippen LogP contribution in [-0.2, 0) is 6.54 Å². The molecule has 18 heavy (non-hydrogen) atoms. The van der Waals surface area contributed by atoms with Crippen LogP contribution in [0.2, 0.25) is 5.02 Å². The minimum absolute atomic E-state index is 0.649. The summed E-state index contributed by atoms with van der Waals surface area (Å²) in [6, 6.07) is 6.45. The van der Waals surface area contributed by atoms with Gasteiger partial charge < -0.3 is 10.1 Å². The van der Waals surface area contributed by atoms with Crippen LogP contribution in [0.15, 0.2) is 18.2 Å². The predicted octanol–water partition coefficient (Wildman–Crippen LogP) is 4.16. The average molecular weight is 268 g/mol. The molecule has 2 nitrogen and oxygen atoms in total. The molecule has 1 saturated carbocycles. The molecule has 1 aromatic rings. The second-order valence-corrected chi connectivity index (χ2v) is 5.46. The smallest absolute Gasteiger partial charge is 0.123 e. The Morgan fingerprint density at radius 3 is 2.61 bits per heavy atom. The van der Waals surface area contributed by atoms with E-state index < -0.39 is 0 Å². The maximum absolute atomic E-state index is 6.04. The Labute approximate surface area is 115 Å². The third-order valence-corrected chi connectivity index (χ3v) is 3.91. The van der Waals surface area contributed by atoms with Crippen LogP contribution in [0.25, 0.3) is 0 Å². The van der Waals surface area contributed by atoms with Crippen molar-refractivity contribution >= 4 is 11.6 Å². The van der Waals surface area contributed by atoms with Crippen molar-refractivity contribution in [1.29, 1.82) is 0 Å². The molecule has 2 rings (SSSR count). The summed E-state index contributed by atoms with van der Waals surface area (Å²) in [6.07, 6.45) is 8.07. The van der Waals surface area contributed by atoms with Gasteiger partial charge in [-0.1, -0.05) is 37.3 Å². The van der Waals surface area contributed by atoms with Gasteiger partial charge in [0, 0.05) is 23.2 Å². The molecule has 0 unspecified atom stereocenters. The summed E-state index contributed by atoms with van der Waals surface area (Å²) in [5.74, 6) is 0.917. The standard InChI is InChI=1S/C15H22ClNO/c1-18-15-9-8-13(16)10-12(15)11-17-14-6-4-2-3-5-7-14/h8-10,14,17H,2-7,11H2,1H3. The Balaban J connectivity index is 1.94. The normalized spacial score (nSPS) is 17.4. The van der Waals surface area contributed by atoms with Crippen LogP contribution >= 0.6 is 11.6 Å². The van der Waals surface area contributed by atoms with E-state index in [1.807, 2.05) is 18.2 Å². The van der Waals surface area contributed by atoms with E-state index in [2.05, 4.69) is 5.32 Å². The zero-order valence-corrected chi connectivity index (χ0v) is 11.8. The Morgan fingerprint density at radius 1 is 1.22 bits per heavy atom. The minimum Gasteiger partial charge on any atom is -0.496 e. The fourth-order valence-corrected chi connectivity index (χ4v) is 2.82. The molecule has 0 aliphatic heterocycles. The minimum atomic E-state index is 0.649. The summed E-state index contributed by atoms with van der Waals surface area (Å²) in [5.41, 5.74) is 1.15. The van der Waals surface area contributed by atoms with Crippen molar-refractivity contribution in [3.05, 3.63) is 28.8 Å². The number of methoxy groups -OCH3 is 1. The van der Waals surface area contributed by atoms with Crippen LogP contribution in [0, 0.1) is 0 Å². The van der Waals surface area contributed by atoms with Gasteiger partial charge in [-0.05, 0) is 31.0 Å². The molecule has 100 valence electrons. The highest BCUT2D eigenvalue weighted by atomic mass is 35.5. The molecule has 0 bridgehead atoms. The summed E-state index contributed by atoms with van der Waals surface area (Å²) in [5, 5.41) is 4.41. The molecule has 0 saturated heterocycles. The fraction of sp³-hybridized carbons (Fsp3) is 0.600. The monoisotopic (exact) mass is 267 g/mol. The number of rotatable bonds is 4. The van der Waals surface area contributed by atoms with Crippen molar-refractivity contribution in [1.82, 2.24) is 5.32 Å². The zero-order chi connectivity index (χ0) is 12.8. The van der Waals surface area contributed by atoms with E-state index in [1.165, 1.54) is 38.5 Å². The van der Waals surface area contributed by atoms with Gasteiger partial charge in [-0.3, -0.25) is 0 Å². The summed E-state index contributed by atoms with van der Waals surface area (Å²) >= 11 is 6.04. The number of hydrogen-bond acceptors (Lipinski definition) is 2. The van der Waals surface area contributed by atoms with Crippen LogP contribution in [-0.4, -0.2) is 13.2 Å². The van der Waals surface area contributed by atoms with Gasteiger partial charge in [-0.2, -0.15) is 0 Å². The maximum Gasteiger partial charge on any atom is 0.123 e. The first kappa shape index (κ1) is 13.7. The van der Waals surface area contributed by atoms with Crippen molar-refractivity contribution < 1.29 is 4.74 Å². The first-order valence-electron chi connectivity index (χ1n) is 6.85. The molecule has 3 heteroatoms. The quantitative estimate of drug-likeness (QED) is 0.827. The van der Waals surface area contributed by atoms with E-state index in [9.17, 15) is 0 Å². The third kappa shape index (κ3) is 3.89. The summed E-state index contributed by atoms with van der Waals surface area (Å²) < 4.78 is 5.37. The number of hydrogen-bond donors (Lipinski definition) is 1. The highest BCUT2D eigenvalue weighted by Crippen LogP contribution is 2.23. The van der Waals surface area contributed by atoms with E-state index >= 15 is 0 Å². The summed E-state index contributed by atoms with van der Waals surface area (Å²) in [7, 11) is 1.71. The van der Waals surface area contributed by atoms with Crippen molar-refractivity contribution in [2.45, 2.75) is 51.1 Å². The molecule has 1 aliphatic rings. The lowest BCUT2D eigenvalue weighted by molar-refractivity contribution is 0.401. The lowest BCUT2D eigenvalue weighted by Gasteiger charge is -2.17. The molecule has 0 atom stereocenters. The van der Waals surface area contributed by atoms with Gasteiger partial charge in [0.25, 0.3) is 0 Å². The zero-order valence-electron chi connectivity index (χ0n) is 11.0. The molecule has 1 aliphatic carbocycles. The third-order valence-electron chi connectivity index (χ3n) is 3.68. The first-order valence-corrected chi connectivity index (χ1v) is 7.23. The van der Waals surface area contributed by atoms with E-state index in [4.69, 9.17) is 16.3 Å². The second-order valence-electron chi connectivity index (χ2n) is 5.03. The lowest BCUT2D eigenvalue weighted by atomic mass is 10.1. The topological polar surface area (TPSA) is 21.3 Å². The van der Waals surface area contributed by atoms with Crippen molar-refractivity contribution in [3.8, 4) is 5.75 Å². The Morgan fingerprint density at radius 2 is 1.94 bits per heavy atom. The maximum atomic E-state index is 6.04. The number of halogens is 1. The number of ether oxygens (including phenoxy) is 1. The molecular formula is C15H22ClNO. The van der Waals surface area contributed by atoms with E-state index in [-0.39, 0.29) is 0 Å². The van der Waals surface area contributed by atoms with Gasteiger partial charge in [-0.15, -0.1) is 0 Å². The molecule has 0 aromatic heterocycles. The van der Waals surface area contributed by atoms with E-state index in [1.54, 1.807) is 7.11 Å². The van der Waals surface area contributed by atoms with Gasteiger partial charge >= 0.3 is 0 Å². The summed E-state index contributed by atoms with van der Waals surface area (Å²) in [6.45, 7) is 0.842. The van der Waals surface area contributed by atoms with Gasteiger partial charge in [-0.25, -0.2) is 0 Å². The average Bonchev–Trinajstić information content (AvgIpc) is 2.65. The van der Waals surface area contributed by atoms with E-state index in [0.717, 1.165) is 22.9 Å². The van der Waals surface area contributed by atoms with Crippen LogP contribution in [0.5, 0.6) is 5.75 Å². The van der Waals surface area contributed by atoms with Crippen LogP contribution in [0.3, 0.4) is 0 Å². The fourth-order valence-electron chi connectivity index (χ4n) is 2.62. The first-order chi connectivity index (χ1) is 8.79. The van der Waals surface area contributed by atoms with Crippen LogP contribution < -0.4 is 10.1 Å². The molecule has 0 spiro atoms. The van der Waals surface area contributed by atoms with E-state index in [0.29, 0.717) is 6.04 Å². The Kier molecular flexibility index (Phi) is 5.33. The highest BCUT2D eigenvalue weighted by molar-refractivity contribution is 6.30.